The topological polar surface area (TPSA) is 45.3 Å². The summed E-state index contributed by atoms with van der Waals surface area (Å²) in [6.45, 7) is 3.17. The van der Waals surface area contributed by atoms with Crippen LogP contribution in [0.3, 0.4) is 0 Å². The molecular weight excluding hydrogens is 256 g/mol. The normalized spacial score (nSPS) is 30.6. The molecule has 0 N–H and O–H groups in total. The maximum absolute atomic E-state index is 12.2. The molecule has 2 aliphatic heterocycles. The van der Waals surface area contributed by atoms with Crippen molar-refractivity contribution in [3.8, 4) is 0 Å². The van der Waals surface area contributed by atoms with E-state index in [0.29, 0.717) is 18.8 Å². The second-order valence-electron chi connectivity index (χ2n) is 5.48. The van der Waals surface area contributed by atoms with Crippen molar-refractivity contribution in [2.75, 3.05) is 33.2 Å². The van der Waals surface area contributed by atoms with Gasteiger partial charge >= 0.3 is 6.09 Å². The Balaban J connectivity index is 1.48. The van der Waals surface area contributed by atoms with E-state index in [1.54, 1.807) is 4.90 Å². The average molecular weight is 272 g/mol. The van der Waals surface area contributed by atoms with E-state index in [-0.39, 0.29) is 6.09 Å². The molecule has 0 bridgehead atoms. The molecule has 2 aliphatic carbocycles. The first-order valence-corrected chi connectivity index (χ1v) is 6.86. The molecule has 1 unspecified atom stereocenters. The summed E-state index contributed by atoms with van der Waals surface area (Å²) in [5.74, 6) is 1.45. The number of carbonyl (C=O) groups is 1. The molecule has 5 nitrogen and oxygen atoms in total. The number of ether oxygens (including phenoxy) is 2. The van der Waals surface area contributed by atoms with Crippen molar-refractivity contribution in [1.82, 2.24) is 9.80 Å². The quantitative estimate of drug-likeness (QED) is 0.677. The van der Waals surface area contributed by atoms with Crippen LogP contribution >= 0.6 is 0 Å². The van der Waals surface area contributed by atoms with Gasteiger partial charge in [-0.25, -0.2) is 4.79 Å². The number of allylic oxidation sites excluding steroid dienone is 4. The largest absolute Gasteiger partial charge is 0.466 e. The second kappa shape index (κ2) is 3.99. The molecule has 1 spiro atoms. The van der Waals surface area contributed by atoms with E-state index in [1.165, 1.54) is 0 Å². The highest BCUT2D eigenvalue weighted by Gasteiger charge is 2.63. The highest BCUT2D eigenvalue weighted by atomic mass is 16.6. The Morgan fingerprint density at radius 1 is 1.25 bits per heavy atom. The molecule has 4 rings (SSSR count). The maximum atomic E-state index is 12.2. The van der Waals surface area contributed by atoms with E-state index in [9.17, 15) is 4.79 Å². The van der Waals surface area contributed by atoms with Crippen molar-refractivity contribution in [3.63, 3.8) is 0 Å². The zero-order valence-corrected chi connectivity index (χ0v) is 11.3. The third-order valence-electron chi connectivity index (χ3n) is 4.22. The van der Waals surface area contributed by atoms with Gasteiger partial charge in [0, 0.05) is 31.8 Å². The molecule has 1 amide bonds. The maximum Gasteiger partial charge on any atom is 0.415 e. The molecule has 20 heavy (non-hydrogen) atoms. The molecule has 0 radical (unpaired) electrons. The summed E-state index contributed by atoms with van der Waals surface area (Å²) in [5, 5.41) is 0. The summed E-state index contributed by atoms with van der Waals surface area (Å²) < 4.78 is 11.2. The van der Waals surface area contributed by atoms with E-state index in [2.05, 4.69) is 11.9 Å². The molecule has 2 saturated heterocycles. The van der Waals surface area contributed by atoms with Crippen LogP contribution in [0.1, 0.15) is 0 Å². The van der Waals surface area contributed by atoms with Crippen molar-refractivity contribution >= 4 is 6.09 Å². The summed E-state index contributed by atoms with van der Waals surface area (Å²) in [7, 11) is 2.06. The molecular formula is C15H16N2O3. The zero-order valence-electron chi connectivity index (χ0n) is 11.3. The fraction of sp³-hybridized carbons (Fsp3) is 0.400. The summed E-state index contributed by atoms with van der Waals surface area (Å²) in [6.07, 6.45) is 9.35. The molecule has 104 valence electrons. The highest BCUT2D eigenvalue weighted by Crippen LogP contribution is 2.57. The van der Waals surface area contributed by atoms with Gasteiger partial charge in [-0.2, -0.15) is 0 Å². The predicted octanol–water partition coefficient (Wildman–Crippen LogP) is 1.42. The number of nitrogens with zero attached hydrogens (tertiary/aromatic N) is 2. The Morgan fingerprint density at radius 2 is 2.05 bits per heavy atom. The second-order valence-corrected chi connectivity index (χ2v) is 5.48. The van der Waals surface area contributed by atoms with Gasteiger partial charge in [0.15, 0.2) is 11.5 Å². The van der Waals surface area contributed by atoms with Gasteiger partial charge < -0.3 is 19.3 Å². The Hall–Kier alpha value is -2.01. The first-order chi connectivity index (χ1) is 9.70. The number of hydrogen-bond acceptors (Lipinski definition) is 4. The van der Waals surface area contributed by atoms with Crippen LogP contribution in [-0.2, 0) is 9.47 Å². The van der Waals surface area contributed by atoms with E-state index in [0.717, 1.165) is 24.4 Å². The number of hydrogen-bond donors (Lipinski definition) is 0. The molecule has 0 aromatic carbocycles. The van der Waals surface area contributed by atoms with Crippen molar-refractivity contribution in [3.05, 3.63) is 47.5 Å². The number of piperazine rings is 1. The van der Waals surface area contributed by atoms with Gasteiger partial charge in [-0.15, -0.1) is 0 Å². The van der Waals surface area contributed by atoms with Crippen LogP contribution in [0.4, 0.5) is 4.79 Å². The highest BCUT2D eigenvalue weighted by molar-refractivity contribution is 5.72. The van der Waals surface area contributed by atoms with E-state index >= 15 is 0 Å². The van der Waals surface area contributed by atoms with Gasteiger partial charge in [-0.1, -0.05) is 18.2 Å². The van der Waals surface area contributed by atoms with Gasteiger partial charge in [-0.05, 0) is 19.2 Å². The minimum Gasteiger partial charge on any atom is -0.466 e. The number of carbonyl (C=O) groups excluding carboxylic acids is 1. The van der Waals surface area contributed by atoms with E-state index in [4.69, 9.17) is 9.47 Å². The third-order valence-corrected chi connectivity index (χ3v) is 4.22. The Morgan fingerprint density at radius 3 is 2.80 bits per heavy atom. The van der Waals surface area contributed by atoms with Crippen molar-refractivity contribution in [1.29, 1.82) is 0 Å². The Kier molecular flexibility index (Phi) is 2.35. The lowest BCUT2D eigenvalue weighted by Crippen LogP contribution is -2.47. The van der Waals surface area contributed by atoms with Crippen LogP contribution in [0.25, 0.3) is 0 Å². The number of likely N-dealkylation sites (N-methyl/N-ethyl adjacent to an activating group) is 1. The van der Waals surface area contributed by atoms with Crippen LogP contribution in [-0.4, -0.2) is 54.7 Å². The average Bonchev–Trinajstić information content (AvgIpc) is 3.06. The molecule has 1 atom stereocenters. The molecule has 5 heteroatoms. The Bertz CT molecular complexity index is 594. The lowest BCUT2D eigenvalue weighted by atomic mass is 9.94. The third kappa shape index (κ3) is 1.56. The molecule has 2 heterocycles. The lowest BCUT2D eigenvalue weighted by Gasteiger charge is -2.32. The van der Waals surface area contributed by atoms with Crippen LogP contribution in [0.5, 0.6) is 0 Å². The van der Waals surface area contributed by atoms with Crippen LogP contribution in [0.2, 0.25) is 0 Å². The van der Waals surface area contributed by atoms with Gasteiger partial charge in [0.1, 0.15) is 0 Å². The first-order valence-electron chi connectivity index (χ1n) is 6.86. The first kappa shape index (κ1) is 11.8. The molecule has 0 aromatic rings. The smallest absolute Gasteiger partial charge is 0.415 e. The van der Waals surface area contributed by atoms with Crippen molar-refractivity contribution in [2.24, 2.45) is 0 Å². The monoisotopic (exact) mass is 272 g/mol. The fourth-order valence-electron chi connectivity index (χ4n) is 2.87. The standard InChI is InChI=1S/C15H16N2O3/c1-16-7-9-17(10-8-16)14(18)19-12-4-2-3-11-5-6-13-15(11,12)20-13/h2-6H,7-10H2,1H3. The lowest BCUT2D eigenvalue weighted by molar-refractivity contribution is 0.0935. The predicted molar refractivity (Wildman–Crippen MR) is 72.8 cm³/mol. The molecule has 4 aliphatic rings. The van der Waals surface area contributed by atoms with Crippen molar-refractivity contribution < 1.29 is 14.3 Å². The summed E-state index contributed by atoms with van der Waals surface area (Å²) in [4.78, 5) is 16.2. The van der Waals surface area contributed by atoms with Crippen LogP contribution in [0, 0.1) is 0 Å². The van der Waals surface area contributed by atoms with Crippen molar-refractivity contribution in [2.45, 2.75) is 5.60 Å². The van der Waals surface area contributed by atoms with Crippen LogP contribution < -0.4 is 0 Å². The zero-order chi connectivity index (χ0) is 13.7. The summed E-state index contributed by atoms with van der Waals surface area (Å²) in [5.41, 5.74) is 0.452. The number of rotatable bonds is 1. The summed E-state index contributed by atoms with van der Waals surface area (Å²) >= 11 is 0. The molecule has 0 saturated carbocycles. The van der Waals surface area contributed by atoms with Gasteiger partial charge in [0.05, 0.1) is 0 Å². The Labute approximate surface area is 117 Å². The van der Waals surface area contributed by atoms with Gasteiger partial charge in [0.25, 0.3) is 0 Å². The van der Waals surface area contributed by atoms with Gasteiger partial charge in [0.2, 0.25) is 5.60 Å². The van der Waals surface area contributed by atoms with E-state index < -0.39 is 5.60 Å². The minimum atomic E-state index is -0.586. The van der Waals surface area contributed by atoms with Crippen LogP contribution in [0.15, 0.2) is 47.5 Å². The van der Waals surface area contributed by atoms with Gasteiger partial charge in [-0.3, -0.25) is 0 Å². The SMILES string of the molecule is CN1CCN(C(=O)OC2=CC=CC3=CC=C4OC324)CC1. The minimum absolute atomic E-state index is 0.282. The fourth-order valence-corrected chi connectivity index (χ4v) is 2.87. The summed E-state index contributed by atoms with van der Waals surface area (Å²) in [6, 6.07) is 0. The molecule has 2 fully saturated rings. The number of epoxide rings is 1. The number of amides is 1. The van der Waals surface area contributed by atoms with E-state index in [1.807, 2.05) is 30.4 Å². The molecule has 0 aromatic heterocycles.